The minimum absolute atomic E-state index is 0.165. The number of aromatic nitrogens is 2. The summed E-state index contributed by atoms with van der Waals surface area (Å²) in [6.07, 6.45) is 1.84. The van der Waals surface area contributed by atoms with Gasteiger partial charge in [0, 0.05) is 39.1 Å². The molecule has 2 aromatic heterocycles. The average molecular weight is 515 g/mol. The minimum atomic E-state index is -0.165. The summed E-state index contributed by atoms with van der Waals surface area (Å²) < 4.78 is 6.32. The molecule has 0 spiro atoms. The normalized spacial score (nSPS) is 13.7. The Kier molecular flexibility index (Phi) is 4.86. The number of hydrogen-bond donors (Lipinski definition) is 0. The van der Waals surface area contributed by atoms with Crippen molar-refractivity contribution in [1.29, 1.82) is 0 Å². The van der Waals surface area contributed by atoms with Gasteiger partial charge in [0.1, 0.15) is 11.5 Å². The number of ether oxygens (including phenoxy) is 1. The Bertz CT molecular complexity index is 2130. The van der Waals surface area contributed by atoms with E-state index in [1.807, 2.05) is 18.3 Å². The van der Waals surface area contributed by atoms with E-state index in [9.17, 15) is 0 Å². The Morgan fingerprint density at radius 2 is 1.27 bits per heavy atom. The van der Waals surface area contributed by atoms with Crippen LogP contribution in [0.5, 0.6) is 11.5 Å². The van der Waals surface area contributed by atoms with E-state index in [0.29, 0.717) is 0 Å². The van der Waals surface area contributed by atoms with E-state index in [1.54, 1.807) is 0 Å². The Morgan fingerprint density at radius 3 is 2.15 bits per heavy atom. The van der Waals surface area contributed by atoms with E-state index in [2.05, 4.69) is 122 Å². The molecule has 0 atom stereocenters. The fourth-order valence-electron chi connectivity index (χ4n) is 6.26. The van der Waals surface area contributed by atoms with Gasteiger partial charge in [0.05, 0.1) is 16.7 Å². The summed E-state index contributed by atoms with van der Waals surface area (Å²) in [4.78, 5) is 9.79. The minimum Gasteiger partial charge on any atom is -0.457 e. The van der Waals surface area contributed by atoms with Crippen LogP contribution in [0, 0.1) is 0 Å². The van der Waals surface area contributed by atoms with Gasteiger partial charge in [-0.2, -0.15) is 0 Å². The highest BCUT2D eigenvalue weighted by atomic mass is 16.5. The summed E-state index contributed by atoms with van der Waals surface area (Å²) in [5.41, 5.74) is 8.56. The fourth-order valence-corrected chi connectivity index (χ4v) is 6.26. The third-order valence-electron chi connectivity index (χ3n) is 8.38. The van der Waals surface area contributed by atoms with Gasteiger partial charge < -0.3 is 4.74 Å². The van der Waals surface area contributed by atoms with E-state index in [4.69, 9.17) is 9.72 Å². The Morgan fingerprint density at radius 1 is 0.575 bits per heavy atom. The number of pyridine rings is 2. The van der Waals surface area contributed by atoms with Gasteiger partial charge in [-0.1, -0.05) is 98.8 Å². The molecule has 0 unspecified atom stereocenters. The van der Waals surface area contributed by atoms with Crippen LogP contribution in [-0.4, -0.2) is 9.97 Å². The molecule has 3 nitrogen and oxygen atoms in total. The van der Waals surface area contributed by atoms with Crippen molar-refractivity contribution >= 4 is 32.6 Å². The van der Waals surface area contributed by atoms with Gasteiger partial charge in [-0.25, -0.2) is 4.98 Å². The molecule has 5 aromatic carbocycles. The van der Waals surface area contributed by atoms with Crippen molar-refractivity contribution < 1.29 is 4.74 Å². The van der Waals surface area contributed by atoms with Gasteiger partial charge in [-0.3, -0.25) is 4.98 Å². The van der Waals surface area contributed by atoms with Crippen molar-refractivity contribution in [3.63, 3.8) is 0 Å². The summed E-state index contributed by atoms with van der Waals surface area (Å²) in [6.45, 7) is 4.56. The molecule has 0 saturated carbocycles. The molecule has 3 heteroatoms. The Labute approximate surface area is 232 Å². The lowest BCUT2D eigenvalue weighted by Gasteiger charge is -2.34. The molecule has 0 saturated heterocycles. The van der Waals surface area contributed by atoms with E-state index in [1.165, 1.54) is 33.0 Å². The highest BCUT2D eigenvalue weighted by Crippen LogP contribution is 2.49. The van der Waals surface area contributed by atoms with E-state index in [-0.39, 0.29) is 5.41 Å². The third kappa shape index (κ3) is 3.37. The number of fused-ring (bicyclic) bond motifs is 6. The van der Waals surface area contributed by atoms with Crippen LogP contribution in [0.15, 0.2) is 121 Å². The second-order valence-corrected chi connectivity index (χ2v) is 11.0. The first-order chi connectivity index (χ1) is 19.6. The number of para-hydroxylation sites is 1. The van der Waals surface area contributed by atoms with Gasteiger partial charge in [-0.15, -0.1) is 0 Å². The van der Waals surface area contributed by atoms with Crippen LogP contribution in [0.1, 0.15) is 25.0 Å². The molecule has 40 heavy (non-hydrogen) atoms. The zero-order valence-corrected chi connectivity index (χ0v) is 22.3. The predicted molar refractivity (Wildman–Crippen MR) is 164 cm³/mol. The number of benzene rings is 5. The van der Waals surface area contributed by atoms with Crippen LogP contribution in [0.2, 0.25) is 0 Å². The van der Waals surface area contributed by atoms with Crippen molar-refractivity contribution in [1.82, 2.24) is 9.97 Å². The quantitative estimate of drug-likeness (QED) is 0.215. The second-order valence-electron chi connectivity index (χ2n) is 11.0. The molecule has 8 rings (SSSR count). The summed E-state index contributed by atoms with van der Waals surface area (Å²) in [6, 6.07) is 40.6. The Balaban J connectivity index is 1.29. The van der Waals surface area contributed by atoms with E-state index in [0.717, 1.165) is 44.6 Å². The number of nitrogens with zero attached hydrogens (tertiary/aromatic N) is 2. The summed E-state index contributed by atoms with van der Waals surface area (Å²) >= 11 is 0. The summed E-state index contributed by atoms with van der Waals surface area (Å²) in [5.74, 6) is 1.86. The number of hydrogen-bond acceptors (Lipinski definition) is 3. The van der Waals surface area contributed by atoms with Gasteiger partial charge in [0.15, 0.2) is 0 Å². The van der Waals surface area contributed by atoms with Crippen LogP contribution in [0.3, 0.4) is 0 Å². The zero-order valence-electron chi connectivity index (χ0n) is 22.3. The van der Waals surface area contributed by atoms with Crippen LogP contribution >= 0.6 is 0 Å². The Hall–Kier alpha value is -5.02. The predicted octanol–water partition coefficient (Wildman–Crippen LogP) is 9.70. The second kappa shape index (κ2) is 8.49. The van der Waals surface area contributed by atoms with Crippen LogP contribution in [-0.2, 0) is 5.41 Å². The maximum absolute atomic E-state index is 6.32. The van der Waals surface area contributed by atoms with Gasteiger partial charge in [0.2, 0.25) is 0 Å². The first kappa shape index (κ1) is 22.9. The first-order valence-electron chi connectivity index (χ1n) is 13.7. The third-order valence-corrected chi connectivity index (χ3v) is 8.38. The van der Waals surface area contributed by atoms with Crippen molar-refractivity contribution in [3.8, 4) is 33.9 Å². The lowest BCUT2D eigenvalue weighted by atomic mass is 9.75. The largest absolute Gasteiger partial charge is 0.457 e. The SMILES string of the molecule is CC1(C)c2ccccc2Oc2ccc(-c3ccc(-c4ccc5ccc6cccnc6c5n4)c4ccccc34)cc21. The van der Waals surface area contributed by atoms with Gasteiger partial charge >= 0.3 is 0 Å². The first-order valence-corrected chi connectivity index (χ1v) is 13.7. The molecule has 190 valence electrons. The zero-order chi connectivity index (χ0) is 26.8. The molecule has 0 bridgehead atoms. The molecule has 7 aromatic rings. The average Bonchev–Trinajstić information content (AvgIpc) is 3.00. The van der Waals surface area contributed by atoms with Crippen molar-refractivity contribution in [2.45, 2.75) is 19.3 Å². The maximum Gasteiger partial charge on any atom is 0.131 e. The summed E-state index contributed by atoms with van der Waals surface area (Å²) in [5, 5.41) is 4.57. The van der Waals surface area contributed by atoms with Crippen LogP contribution in [0.4, 0.5) is 0 Å². The molecule has 1 aliphatic heterocycles. The summed E-state index contributed by atoms with van der Waals surface area (Å²) in [7, 11) is 0. The number of rotatable bonds is 2. The molecular weight excluding hydrogens is 488 g/mol. The molecule has 0 fully saturated rings. The highest BCUT2D eigenvalue weighted by Gasteiger charge is 2.34. The lowest BCUT2D eigenvalue weighted by molar-refractivity contribution is 0.418. The van der Waals surface area contributed by atoms with Crippen LogP contribution in [0.25, 0.3) is 55.0 Å². The fraction of sp³-hybridized carbons (Fsp3) is 0.0811. The molecule has 0 amide bonds. The van der Waals surface area contributed by atoms with Crippen LogP contribution < -0.4 is 4.74 Å². The maximum atomic E-state index is 6.32. The topological polar surface area (TPSA) is 35.0 Å². The van der Waals surface area contributed by atoms with Crippen molar-refractivity contribution in [3.05, 3.63) is 133 Å². The molecular formula is C37H26N2O. The molecule has 1 aliphatic rings. The standard InChI is InChI=1S/C37H26N2O/c1-37(2)30-11-5-6-12-33(30)40-34-20-16-25(22-31(34)37)26-17-18-29(28-10-4-3-9-27(26)28)32-19-15-24-14-13-23-8-7-21-38-35(23)36(24)39-32/h3-22H,1-2H3. The van der Waals surface area contributed by atoms with Gasteiger partial charge in [-0.05, 0) is 52.2 Å². The monoisotopic (exact) mass is 514 g/mol. The highest BCUT2D eigenvalue weighted by molar-refractivity contribution is 6.07. The molecule has 0 aliphatic carbocycles. The molecule has 0 N–H and O–H groups in total. The van der Waals surface area contributed by atoms with Crippen molar-refractivity contribution in [2.24, 2.45) is 0 Å². The molecule has 0 radical (unpaired) electrons. The van der Waals surface area contributed by atoms with E-state index >= 15 is 0 Å². The smallest absolute Gasteiger partial charge is 0.131 e. The lowest BCUT2D eigenvalue weighted by Crippen LogP contribution is -2.24. The van der Waals surface area contributed by atoms with E-state index < -0.39 is 0 Å². The van der Waals surface area contributed by atoms with Gasteiger partial charge in [0.25, 0.3) is 0 Å². The molecule has 3 heterocycles. The van der Waals surface area contributed by atoms with Crippen molar-refractivity contribution in [2.75, 3.05) is 0 Å².